The van der Waals surface area contributed by atoms with Crippen LogP contribution in [0, 0.1) is 0 Å². The van der Waals surface area contributed by atoms with Crippen LogP contribution in [0.25, 0.3) is 16.9 Å². The van der Waals surface area contributed by atoms with E-state index in [1.165, 1.54) is 16.8 Å². The fourth-order valence-electron chi connectivity index (χ4n) is 2.49. The first-order valence-corrected chi connectivity index (χ1v) is 7.11. The Morgan fingerprint density at radius 3 is 2.90 bits per heavy atom. The first kappa shape index (κ1) is 12.9. The summed E-state index contributed by atoms with van der Waals surface area (Å²) < 4.78 is 2.14. The van der Waals surface area contributed by atoms with E-state index in [9.17, 15) is 0 Å². The smallest absolute Gasteiger partial charge is 0.137 e. The molecule has 0 fully saturated rings. The summed E-state index contributed by atoms with van der Waals surface area (Å²) in [6, 6.07) is 14.8. The van der Waals surface area contributed by atoms with E-state index in [-0.39, 0.29) is 0 Å². The minimum Gasteiger partial charge on any atom is -0.313 e. The van der Waals surface area contributed by atoms with E-state index < -0.39 is 0 Å². The van der Waals surface area contributed by atoms with Crippen LogP contribution in [0.4, 0.5) is 0 Å². The maximum Gasteiger partial charge on any atom is 0.137 e. The highest BCUT2D eigenvalue weighted by atomic mass is 15.0. The highest BCUT2D eigenvalue weighted by Crippen LogP contribution is 2.24. The molecule has 0 spiro atoms. The molecule has 3 rings (SSSR count). The van der Waals surface area contributed by atoms with Gasteiger partial charge in [-0.3, -0.25) is 4.40 Å². The first-order valence-electron chi connectivity index (χ1n) is 7.11. The van der Waals surface area contributed by atoms with Gasteiger partial charge in [0, 0.05) is 24.5 Å². The second-order valence-corrected chi connectivity index (χ2v) is 4.90. The summed E-state index contributed by atoms with van der Waals surface area (Å²) in [4.78, 5) is 4.36. The molecule has 1 N–H and O–H groups in total. The Morgan fingerprint density at radius 1 is 1.10 bits per heavy atom. The normalized spacial score (nSPS) is 11.1. The number of rotatable bonds is 5. The predicted molar refractivity (Wildman–Crippen MR) is 82.6 cm³/mol. The number of hydrogen-bond acceptors (Lipinski definition) is 2. The number of fused-ring (bicyclic) bond motifs is 1. The van der Waals surface area contributed by atoms with Gasteiger partial charge in [-0.1, -0.05) is 37.3 Å². The van der Waals surface area contributed by atoms with Crippen LogP contribution in [0.1, 0.15) is 18.9 Å². The Kier molecular flexibility index (Phi) is 3.79. The molecule has 2 aromatic heterocycles. The van der Waals surface area contributed by atoms with E-state index >= 15 is 0 Å². The molecule has 0 aliphatic rings. The largest absolute Gasteiger partial charge is 0.313 e. The van der Waals surface area contributed by atoms with Gasteiger partial charge in [-0.25, -0.2) is 4.98 Å². The number of nitrogens with zero attached hydrogens (tertiary/aromatic N) is 2. The van der Waals surface area contributed by atoms with Crippen LogP contribution < -0.4 is 5.32 Å². The predicted octanol–water partition coefficient (Wildman–Crippen LogP) is 3.50. The van der Waals surface area contributed by atoms with E-state index in [1.807, 2.05) is 18.5 Å². The Morgan fingerprint density at radius 2 is 2.00 bits per heavy atom. The zero-order chi connectivity index (χ0) is 13.8. The number of aromatic nitrogens is 2. The summed E-state index contributed by atoms with van der Waals surface area (Å²) in [5.41, 5.74) is 4.76. The fraction of sp³-hybridized carbons (Fsp3) is 0.235. The SMILES string of the molecule is CCCNCc1ccccc1-c1cccc2nccn12. The Bertz CT molecular complexity index is 700. The van der Waals surface area contributed by atoms with Gasteiger partial charge in [0.15, 0.2) is 0 Å². The summed E-state index contributed by atoms with van der Waals surface area (Å²) in [6.07, 6.45) is 5.01. The van der Waals surface area contributed by atoms with Gasteiger partial charge >= 0.3 is 0 Å². The summed E-state index contributed by atoms with van der Waals surface area (Å²) in [5, 5.41) is 3.48. The molecule has 0 bridgehead atoms. The maximum absolute atomic E-state index is 4.36. The zero-order valence-electron chi connectivity index (χ0n) is 11.7. The average Bonchev–Trinajstić information content (AvgIpc) is 2.96. The van der Waals surface area contributed by atoms with Gasteiger partial charge in [-0.15, -0.1) is 0 Å². The van der Waals surface area contributed by atoms with E-state index in [2.05, 4.69) is 58.0 Å². The zero-order valence-corrected chi connectivity index (χ0v) is 11.7. The van der Waals surface area contributed by atoms with Gasteiger partial charge in [-0.2, -0.15) is 0 Å². The van der Waals surface area contributed by atoms with Crippen molar-refractivity contribution in [2.24, 2.45) is 0 Å². The lowest BCUT2D eigenvalue weighted by molar-refractivity contribution is 0.676. The number of imidazole rings is 1. The Labute approximate surface area is 119 Å². The molecule has 0 aliphatic carbocycles. The standard InChI is InChI=1S/C17H19N3/c1-2-10-18-13-14-6-3-4-7-15(14)16-8-5-9-17-19-11-12-20(16)17/h3-9,11-12,18H,2,10,13H2,1H3. The lowest BCUT2D eigenvalue weighted by atomic mass is 10.0. The van der Waals surface area contributed by atoms with Gasteiger partial charge in [0.2, 0.25) is 0 Å². The van der Waals surface area contributed by atoms with Crippen LogP contribution in [-0.2, 0) is 6.54 Å². The second kappa shape index (κ2) is 5.88. The van der Waals surface area contributed by atoms with Gasteiger partial charge in [0.25, 0.3) is 0 Å². The molecule has 3 heteroatoms. The Balaban J connectivity index is 2.03. The Hall–Kier alpha value is -2.13. The van der Waals surface area contributed by atoms with Crippen molar-refractivity contribution in [2.45, 2.75) is 19.9 Å². The van der Waals surface area contributed by atoms with Crippen LogP contribution >= 0.6 is 0 Å². The monoisotopic (exact) mass is 265 g/mol. The molecule has 102 valence electrons. The molecule has 2 heterocycles. The number of nitrogens with one attached hydrogen (secondary N) is 1. The van der Waals surface area contributed by atoms with Crippen molar-refractivity contribution in [3.8, 4) is 11.3 Å². The summed E-state index contributed by atoms with van der Waals surface area (Å²) in [6.45, 7) is 4.13. The minimum absolute atomic E-state index is 0.898. The third kappa shape index (κ3) is 2.45. The van der Waals surface area contributed by atoms with E-state index in [4.69, 9.17) is 0 Å². The molecule has 0 atom stereocenters. The highest BCUT2D eigenvalue weighted by molar-refractivity contribution is 5.67. The van der Waals surface area contributed by atoms with E-state index in [0.29, 0.717) is 0 Å². The van der Waals surface area contributed by atoms with Crippen LogP contribution in [0.3, 0.4) is 0 Å². The molecule has 0 unspecified atom stereocenters. The van der Waals surface area contributed by atoms with E-state index in [1.54, 1.807) is 0 Å². The number of pyridine rings is 1. The molecular formula is C17H19N3. The number of benzene rings is 1. The van der Waals surface area contributed by atoms with Gasteiger partial charge < -0.3 is 5.32 Å². The minimum atomic E-state index is 0.898. The molecule has 3 aromatic rings. The van der Waals surface area contributed by atoms with Crippen molar-refractivity contribution in [1.29, 1.82) is 0 Å². The quantitative estimate of drug-likeness (QED) is 0.715. The van der Waals surface area contributed by atoms with E-state index in [0.717, 1.165) is 25.2 Å². The maximum atomic E-state index is 4.36. The summed E-state index contributed by atoms with van der Waals surface area (Å²) in [5.74, 6) is 0. The second-order valence-electron chi connectivity index (χ2n) is 4.90. The third-order valence-electron chi connectivity index (χ3n) is 3.46. The van der Waals surface area contributed by atoms with Gasteiger partial charge in [-0.05, 0) is 30.7 Å². The number of hydrogen-bond donors (Lipinski definition) is 1. The first-order chi connectivity index (χ1) is 9.90. The molecule has 0 aliphatic heterocycles. The molecule has 0 saturated carbocycles. The van der Waals surface area contributed by atoms with Crippen molar-refractivity contribution < 1.29 is 0 Å². The van der Waals surface area contributed by atoms with Gasteiger partial charge in [0.1, 0.15) is 5.65 Å². The van der Waals surface area contributed by atoms with Crippen LogP contribution in [-0.4, -0.2) is 15.9 Å². The molecule has 3 nitrogen and oxygen atoms in total. The molecular weight excluding hydrogens is 246 g/mol. The topological polar surface area (TPSA) is 29.3 Å². The van der Waals surface area contributed by atoms with Crippen molar-refractivity contribution in [2.75, 3.05) is 6.54 Å². The molecule has 1 aromatic carbocycles. The lowest BCUT2D eigenvalue weighted by Gasteiger charge is -2.12. The van der Waals surface area contributed by atoms with Crippen LogP contribution in [0.2, 0.25) is 0 Å². The summed E-state index contributed by atoms with van der Waals surface area (Å²) in [7, 11) is 0. The molecule has 0 radical (unpaired) electrons. The molecule has 0 amide bonds. The van der Waals surface area contributed by atoms with Gasteiger partial charge in [0.05, 0.1) is 5.69 Å². The average molecular weight is 265 g/mol. The molecule has 0 saturated heterocycles. The van der Waals surface area contributed by atoms with Crippen LogP contribution in [0.5, 0.6) is 0 Å². The van der Waals surface area contributed by atoms with Crippen molar-refractivity contribution in [1.82, 2.24) is 14.7 Å². The fourth-order valence-corrected chi connectivity index (χ4v) is 2.49. The lowest BCUT2D eigenvalue weighted by Crippen LogP contribution is -2.14. The van der Waals surface area contributed by atoms with Crippen molar-refractivity contribution in [3.63, 3.8) is 0 Å². The summed E-state index contributed by atoms with van der Waals surface area (Å²) >= 11 is 0. The van der Waals surface area contributed by atoms with Crippen molar-refractivity contribution in [3.05, 3.63) is 60.4 Å². The van der Waals surface area contributed by atoms with Crippen molar-refractivity contribution >= 4 is 5.65 Å². The molecule has 20 heavy (non-hydrogen) atoms. The third-order valence-corrected chi connectivity index (χ3v) is 3.46. The highest BCUT2D eigenvalue weighted by Gasteiger charge is 2.07. The van der Waals surface area contributed by atoms with Crippen LogP contribution in [0.15, 0.2) is 54.9 Å².